The molecule has 2 aromatic carbocycles. The minimum Gasteiger partial charge on any atom is -0.452 e. The number of hydrogen-bond donors (Lipinski definition) is 1. The first-order valence-electron chi connectivity index (χ1n) is 8.37. The van der Waals surface area contributed by atoms with Gasteiger partial charge in [0, 0.05) is 5.69 Å². The third kappa shape index (κ3) is 6.61. The quantitative estimate of drug-likeness (QED) is 0.747. The number of nitrogens with one attached hydrogen (secondary N) is 1. The van der Waals surface area contributed by atoms with E-state index >= 15 is 0 Å². The number of amides is 1. The molecule has 0 unspecified atom stereocenters. The van der Waals surface area contributed by atoms with Crippen LogP contribution < -0.4 is 10.1 Å². The molecule has 0 aliphatic carbocycles. The summed E-state index contributed by atoms with van der Waals surface area (Å²) in [7, 11) is 0. The van der Waals surface area contributed by atoms with Gasteiger partial charge in [0.2, 0.25) is 0 Å². The lowest BCUT2D eigenvalue weighted by Crippen LogP contribution is -2.21. The second kappa shape index (κ2) is 8.33. The first kappa shape index (κ1) is 21.3. The number of carbonyl (C=O) groups is 2. The van der Waals surface area contributed by atoms with Crippen LogP contribution in [0.25, 0.3) is 0 Å². The van der Waals surface area contributed by atoms with E-state index in [9.17, 15) is 22.8 Å². The van der Waals surface area contributed by atoms with Crippen LogP contribution >= 0.6 is 0 Å². The number of esters is 1. The number of carbonyl (C=O) groups excluding carboxylic acids is 2. The van der Waals surface area contributed by atoms with E-state index < -0.39 is 30.6 Å². The van der Waals surface area contributed by atoms with Crippen molar-refractivity contribution in [1.29, 1.82) is 0 Å². The smallest absolute Gasteiger partial charge is 0.452 e. The highest BCUT2D eigenvalue weighted by molar-refractivity contribution is 5.95. The van der Waals surface area contributed by atoms with Gasteiger partial charge in [-0.25, -0.2) is 4.79 Å². The number of rotatable bonds is 5. The second-order valence-electron chi connectivity index (χ2n) is 7.02. The third-order valence-electron chi connectivity index (χ3n) is 3.69. The van der Waals surface area contributed by atoms with Crippen LogP contribution in [-0.2, 0) is 14.9 Å². The first-order chi connectivity index (χ1) is 12.9. The molecule has 0 saturated carbocycles. The lowest BCUT2D eigenvalue weighted by Gasteiger charge is -2.19. The molecule has 0 spiro atoms. The van der Waals surface area contributed by atoms with Crippen molar-refractivity contribution in [2.75, 3.05) is 11.9 Å². The maximum Gasteiger partial charge on any atom is 0.573 e. The Balaban J connectivity index is 1.86. The SMILES string of the molecule is CC(C)(C)c1ccc(NC(=O)COC(=O)c2ccc(OC(F)(F)F)cc2)cc1. The Hall–Kier alpha value is -3.03. The van der Waals surface area contributed by atoms with Crippen LogP contribution in [0.2, 0.25) is 0 Å². The maximum atomic E-state index is 12.1. The molecule has 0 heterocycles. The Morgan fingerprint density at radius 2 is 1.50 bits per heavy atom. The van der Waals surface area contributed by atoms with Gasteiger partial charge in [0.05, 0.1) is 5.56 Å². The van der Waals surface area contributed by atoms with E-state index in [0.717, 1.165) is 29.8 Å². The molecule has 28 heavy (non-hydrogen) atoms. The Morgan fingerprint density at radius 3 is 2.00 bits per heavy atom. The van der Waals surface area contributed by atoms with Crippen molar-refractivity contribution < 1.29 is 32.2 Å². The molecule has 2 aromatic rings. The summed E-state index contributed by atoms with van der Waals surface area (Å²) < 4.78 is 44.9. The Kier molecular flexibility index (Phi) is 6.33. The molecular formula is C20H20F3NO4. The highest BCUT2D eigenvalue weighted by atomic mass is 19.4. The van der Waals surface area contributed by atoms with E-state index in [1.165, 1.54) is 0 Å². The minimum atomic E-state index is -4.81. The summed E-state index contributed by atoms with van der Waals surface area (Å²) in [5.74, 6) is -1.83. The molecular weight excluding hydrogens is 375 g/mol. The molecule has 0 aromatic heterocycles. The summed E-state index contributed by atoms with van der Waals surface area (Å²) in [6.07, 6.45) is -4.81. The van der Waals surface area contributed by atoms with Crippen LogP contribution in [0.4, 0.5) is 18.9 Å². The summed E-state index contributed by atoms with van der Waals surface area (Å²) in [5.41, 5.74) is 1.65. The molecule has 0 bridgehead atoms. The molecule has 0 radical (unpaired) electrons. The van der Waals surface area contributed by atoms with Crippen molar-refractivity contribution in [1.82, 2.24) is 0 Å². The average Bonchev–Trinajstić information content (AvgIpc) is 2.58. The lowest BCUT2D eigenvalue weighted by molar-refractivity contribution is -0.274. The molecule has 0 saturated heterocycles. The van der Waals surface area contributed by atoms with Crippen molar-refractivity contribution in [2.45, 2.75) is 32.5 Å². The maximum absolute atomic E-state index is 12.1. The predicted octanol–water partition coefficient (Wildman–Crippen LogP) is 4.68. The second-order valence-corrected chi connectivity index (χ2v) is 7.02. The molecule has 0 aliphatic heterocycles. The summed E-state index contributed by atoms with van der Waals surface area (Å²) >= 11 is 0. The largest absolute Gasteiger partial charge is 0.573 e. The van der Waals surface area contributed by atoms with E-state index in [1.807, 2.05) is 12.1 Å². The fourth-order valence-corrected chi connectivity index (χ4v) is 2.26. The van der Waals surface area contributed by atoms with E-state index in [2.05, 4.69) is 30.8 Å². The van der Waals surface area contributed by atoms with Gasteiger partial charge in [-0.3, -0.25) is 4.79 Å². The fraction of sp³-hybridized carbons (Fsp3) is 0.300. The van der Waals surface area contributed by atoms with Gasteiger partial charge in [-0.05, 0) is 47.4 Å². The van der Waals surface area contributed by atoms with Gasteiger partial charge >= 0.3 is 12.3 Å². The van der Waals surface area contributed by atoms with Gasteiger partial charge < -0.3 is 14.8 Å². The van der Waals surface area contributed by atoms with Gasteiger partial charge in [-0.2, -0.15) is 0 Å². The van der Waals surface area contributed by atoms with Crippen molar-refractivity contribution in [3.63, 3.8) is 0 Å². The molecule has 0 aliphatic rings. The van der Waals surface area contributed by atoms with Crippen molar-refractivity contribution in [3.8, 4) is 5.75 Å². The topological polar surface area (TPSA) is 64.6 Å². The zero-order chi connectivity index (χ0) is 20.9. The van der Waals surface area contributed by atoms with Crippen LogP contribution in [0.3, 0.4) is 0 Å². The zero-order valence-electron chi connectivity index (χ0n) is 15.6. The number of halogens is 3. The number of hydrogen-bond acceptors (Lipinski definition) is 4. The highest BCUT2D eigenvalue weighted by Crippen LogP contribution is 2.24. The Morgan fingerprint density at radius 1 is 0.929 bits per heavy atom. The van der Waals surface area contributed by atoms with E-state index in [1.54, 1.807) is 12.1 Å². The van der Waals surface area contributed by atoms with E-state index in [0.29, 0.717) is 5.69 Å². The molecule has 2 rings (SSSR count). The van der Waals surface area contributed by atoms with Gasteiger partial charge in [-0.15, -0.1) is 13.2 Å². The highest BCUT2D eigenvalue weighted by Gasteiger charge is 2.31. The van der Waals surface area contributed by atoms with Gasteiger partial charge in [0.15, 0.2) is 6.61 Å². The van der Waals surface area contributed by atoms with Crippen LogP contribution in [0.15, 0.2) is 48.5 Å². The average molecular weight is 395 g/mol. The molecule has 0 atom stereocenters. The van der Waals surface area contributed by atoms with Crippen LogP contribution in [0, 0.1) is 0 Å². The van der Waals surface area contributed by atoms with E-state index in [-0.39, 0.29) is 11.0 Å². The fourth-order valence-electron chi connectivity index (χ4n) is 2.26. The summed E-state index contributed by atoms with van der Waals surface area (Å²) in [6.45, 7) is 5.69. The standard InChI is InChI=1S/C20H20F3NO4/c1-19(2,3)14-6-8-15(9-7-14)24-17(25)12-27-18(26)13-4-10-16(11-5-13)28-20(21,22)23/h4-11H,12H2,1-3H3,(H,24,25). The van der Waals surface area contributed by atoms with Crippen LogP contribution in [-0.4, -0.2) is 24.8 Å². The summed E-state index contributed by atoms with van der Waals surface area (Å²) in [4.78, 5) is 23.8. The minimum absolute atomic E-state index is 0.00291. The van der Waals surface area contributed by atoms with E-state index in [4.69, 9.17) is 4.74 Å². The van der Waals surface area contributed by atoms with Crippen molar-refractivity contribution >= 4 is 17.6 Å². The molecule has 1 N–H and O–H groups in total. The lowest BCUT2D eigenvalue weighted by atomic mass is 9.87. The number of anilines is 1. The first-order valence-corrected chi connectivity index (χ1v) is 8.37. The number of ether oxygens (including phenoxy) is 2. The van der Waals surface area contributed by atoms with Gasteiger partial charge in [-0.1, -0.05) is 32.9 Å². The van der Waals surface area contributed by atoms with Crippen molar-refractivity contribution in [3.05, 3.63) is 59.7 Å². The zero-order valence-corrected chi connectivity index (χ0v) is 15.6. The van der Waals surface area contributed by atoms with Gasteiger partial charge in [0.1, 0.15) is 5.75 Å². The number of benzene rings is 2. The van der Waals surface area contributed by atoms with Gasteiger partial charge in [0.25, 0.3) is 5.91 Å². The normalized spacial score (nSPS) is 11.6. The molecule has 8 heteroatoms. The Bertz CT molecular complexity index is 823. The van der Waals surface area contributed by atoms with Crippen LogP contribution in [0.1, 0.15) is 36.7 Å². The molecule has 1 amide bonds. The Labute approximate surface area is 160 Å². The molecule has 0 fully saturated rings. The molecule has 150 valence electrons. The predicted molar refractivity (Wildman–Crippen MR) is 97.2 cm³/mol. The van der Waals surface area contributed by atoms with Crippen molar-refractivity contribution in [2.24, 2.45) is 0 Å². The number of alkyl halides is 3. The molecule has 5 nitrogen and oxygen atoms in total. The third-order valence-corrected chi connectivity index (χ3v) is 3.69. The summed E-state index contributed by atoms with van der Waals surface area (Å²) in [5, 5.41) is 2.60. The monoisotopic (exact) mass is 395 g/mol. The van der Waals surface area contributed by atoms with Crippen LogP contribution in [0.5, 0.6) is 5.75 Å². The summed E-state index contributed by atoms with van der Waals surface area (Å²) in [6, 6.07) is 11.5.